The molecule has 2 aromatic carbocycles. The van der Waals surface area contributed by atoms with Crippen LogP contribution in [0.4, 0.5) is 0 Å². The number of nitrogens with zero attached hydrogens (tertiary/aromatic N) is 2. The van der Waals surface area contributed by atoms with Crippen LogP contribution in [0.25, 0.3) is 0 Å². The largest absolute Gasteiger partial charge is 0.496 e. The number of hydrogen-bond acceptors (Lipinski definition) is 3. The van der Waals surface area contributed by atoms with Gasteiger partial charge in [-0.25, -0.2) is 0 Å². The molecule has 0 N–H and O–H groups in total. The zero-order valence-electron chi connectivity index (χ0n) is 14.1. The van der Waals surface area contributed by atoms with Crippen LogP contribution in [0, 0.1) is 0 Å². The molecule has 0 bridgehead atoms. The Morgan fingerprint density at radius 3 is 2.52 bits per heavy atom. The fourth-order valence-corrected chi connectivity index (χ4v) is 3.72. The highest BCUT2D eigenvalue weighted by Crippen LogP contribution is 2.29. The van der Waals surface area contributed by atoms with E-state index in [0.717, 1.165) is 22.4 Å². The van der Waals surface area contributed by atoms with Crippen molar-refractivity contribution in [3.05, 3.63) is 65.2 Å². The van der Waals surface area contributed by atoms with Gasteiger partial charge in [0, 0.05) is 25.1 Å². The molecule has 4 rings (SSSR count). The van der Waals surface area contributed by atoms with Crippen LogP contribution in [0.3, 0.4) is 0 Å². The molecule has 128 valence electrons. The first-order valence-electron chi connectivity index (χ1n) is 8.44. The molecule has 25 heavy (non-hydrogen) atoms. The first-order chi connectivity index (χ1) is 12.2. The third kappa shape index (κ3) is 2.76. The van der Waals surface area contributed by atoms with Crippen LogP contribution >= 0.6 is 0 Å². The first-order valence-corrected chi connectivity index (χ1v) is 8.44. The van der Waals surface area contributed by atoms with Crippen LogP contribution in [0.15, 0.2) is 48.5 Å². The van der Waals surface area contributed by atoms with E-state index in [9.17, 15) is 9.59 Å². The summed E-state index contributed by atoms with van der Waals surface area (Å²) in [6, 6.07) is 15.2. The maximum atomic E-state index is 13.0. The van der Waals surface area contributed by atoms with Gasteiger partial charge in [-0.05, 0) is 17.2 Å². The van der Waals surface area contributed by atoms with Crippen molar-refractivity contribution in [3.63, 3.8) is 0 Å². The van der Waals surface area contributed by atoms with Crippen molar-refractivity contribution in [3.8, 4) is 5.75 Å². The molecule has 2 aliphatic rings. The van der Waals surface area contributed by atoms with Crippen LogP contribution in [0.2, 0.25) is 0 Å². The summed E-state index contributed by atoms with van der Waals surface area (Å²) < 4.78 is 5.37. The van der Waals surface area contributed by atoms with Gasteiger partial charge in [-0.15, -0.1) is 0 Å². The standard InChI is InChI=1S/C20H20N2O3/c1-25-18-9-5-4-8-16(18)11-21-13-19(23)22-12-15-7-3-2-6-14(15)10-17(22)20(21)24/h2-9,17H,10-13H2,1H3. The Balaban J connectivity index is 1.60. The topological polar surface area (TPSA) is 49.9 Å². The Hall–Kier alpha value is -2.82. The Bertz CT molecular complexity index is 833. The molecule has 1 saturated heterocycles. The predicted octanol–water partition coefficient (Wildman–Crippen LogP) is 1.99. The second-order valence-electron chi connectivity index (χ2n) is 6.52. The molecule has 2 heterocycles. The number of carbonyl (C=O) groups is 2. The minimum Gasteiger partial charge on any atom is -0.496 e. The molecule has 0 spiro atoms. The van der Waals surface area contributed by atoms with Crippen molar-refractivity contribution in [1.29, 1.82) is 0 Å². The number of ether oxygens (including phenoxy) is 1. The van der Waals surface area contributed by atoms with Gasteiger partial charge >= 0.3 is 0 Å². The molecule has 1 unspecified atom stereocenters. The molecule has 2 amide bonds. The number of piperazine rings is 1. The van der Waals surface area contributed by atoms with Crippen LogP contribution in [-0.4, -0.2) is 41.3 Å². The van der Waals surface area contributed by atoms with Crippen molar-refractivity contribution in [2.75, 3.05) is 13.7 Å². The maximum Gasteiger partial charge on any atom is 0.246 e. The minimum atomic E-state index is -0.397. The Kier molecular flexibility index (Phi) is 3.92. The van der Waals surface area contributed by atoms with Crippen LogP contribution < -0.4 is 4.74 Å². The molecule has 0 aromatic heterocycles. The molecular formula is C20H20N2O3. The smallest absolute Gasteiger partial charge is 0.246 e. The van der Waals surface area contributed by atoms with E-state index in [1.165, 1.54) is 0 Å². The van der Waals surface area contributed by atoms with Gasteiger partial charge in [0.2, 0.25) is 11.8 Å². The summed E-state index contributed by atoms with van der Waals surface area (Å²) in [5.41, 5.74) is 3.21. The number of rotatable bonds is 3. The van der Waals surface area contributed by atoms with Gasteiger partial charge in [-0.3, -0.25) is 9.59 Å². The van der Waals surface area contributed by atoms with Gasteiger partial charge in [0.25, 0.3) is 0 Å². The predicted molar refractivity (Wildman–Crippen MR) is 92.9 cm³/mol. The zero-order valence-corrected chi connectivity index (χ0v) is 14.1. The normalized spacial score (nSPS) is 19.5. The molecular weight excluding hydrogens is 316 g/mol. The van der Waals surface area contributed by atoms with Crippen molar-refractivity contribution in [2.24, 2.45) is 0 Å². The molecule has 2 aliphatic heterocycles. The van der Waals surface area contributed by atoms with Gasteiger partial charge in [0.05, 0.1) is 7.11 Å². The average molecular weight is 336 g/mol. The van der Waals surface area contributed by atoms with Crippen LogP contribution in [0.5, 0.6) is 5.75 Å². The number of methoxy groups -OCH3 is 1. The quantitative estimate of drug-likeness (QED) is 0.861. The lowest BCUT2D eigenvalue weighted by atomic mass is 9.91. The van der Waals surface area contributed by atoms with Gasteiger partial charge in [-0.1, -0.05) is 42.5 Å². The second kappa shape index (κ2) is 6.24. The second-order valence-corrected chi connectivity index (χ2v) is 6.52. The third-order valence-corrected chi connectivity index (χ3v) is 5.05. The van der Waals surface area contributed by atoms with Crippen molar-refractivity contribution in [1.82, 2.24) is 9.80 Å². The van der Waals surface area contributed by atoms with E-state index in [2.05, 4.69) is 0 Å². The van der Waals surface area contributed by atoms with E-state index in [-0.39, 0.29) is 18.4 Å². The van der Waals surface area contributed by atoms with Gasteiger partial charge in [-0.2, -0.15) is 0 Å². The van der Waals surface area contributed by atoms with Gasteiger partial charge < -0.3 is 14.5 Å². The molecule has 0 radical (unpaired) electrons. The van der Waals surface area contributed by atoms with E-state index in [0.29, 0.717) is 19.5 Å². The van der Waals surface area contributed by atoms with Gasteiger partial charge in [0.15, 0.2) is 0 Å². The fourth-order valence-electron chi connectivity index (χ4n) is 3.72. The summed E-state index contributed by atoms with van der Waals surface area (Å²) in [7, 11) is 1.61. The van der Waals surface area contributed by atoms with E-state index in [1.54, 1.807) is 16.9 Å². The number of fused-ring (bicyclic) bond motifs is 2. The molecule has 5 nitrogen and oxygen atoms in total. The molecule has 1 atom stereocenters. The molecule has 1 fully saturated rings. The Labute approximate surface area is 146 Å². The number of carbonyl (C=O) groups excluding carboxylic acids is 2. The molecule has 0 aliphatic carbocycles. The average Bonchev–Trinajstić information content (AvgIpc) is 2.65. The summed E-state index contributed by atoms with van der Waals surface area (Å²) in [6.45, 7) is 1.03. The summed E-state index contributed by atoms with van der Waals surface area (Å²) in [4.78, 5) is 29.0. The summed E-state index contributed by atoms with van der Waals surface area (Å²) in [6.07, 6.45) is 0.586. The Morgan fingerprint density at radius 1 is 1.00 bits per heavy atom. The molecule has 0 saturated carbocycles. The lowest BCUT2D eigenvalue weighted by molar-refractivity contribution is -0.157. The number of para-hydroxylation sites is 1. The summed E-state index contributed by atoms with van der Waals surface area (Å²) >= 11 is 0. The maximum absolute atomic E-state index is 13.0. The molecule has 2 aromatic rings. The minimum absolute atomic E-state index is 0.00833. The third-order valence-electron chi connectivity index (χ3n) is 5.05. The highest BCUT2D eigenvalue weighted by atomic mass is 16.5. The van der Waals surface area contributed by atoms with E-state index in [1.807, 2.05) is 48.5 Å². The number of benzene rings is 2. The summed E-state index contributed by atoms with van der Waals surface area (Å²) in [5.74, 6) is 0.758. The van der Waals surface area contributed by atoms with Crippen LogP contribution in [0.1, 0.15) is 16.7 Å². The highest BCUT2D eigenvalue weighted by Gasteiger charge is 2.41. The van der Waals surface area contributed by atoms with Gasteiger partial charge in [0.1, 0.15) is 18.3 Å². The van der Waals surface area contributed by atoms with Crippen molar-refractivity contribution in [2.45, 2.75) is 25.6 Å². The van der Waals surface area contributed by atoms with Crippen LogP contribution in [-0.2, 0) is 29.1 Å². The number of amides is 2. The number of hydrogen-bond donors (Lipinski definition) is 0. The zero-order chi connectivity index (χ0) is 17.4. The monoisotopic (exact) mass is 336 g/mol. The lowest BCUT2D eigenvalue weighted by Crippen LogP contribution is -2.61. The Morgan fingerprint density at radius 2 is 1.72 bits per heavy atom. The SMILES string of the molecule is COc1ccccc1CN1CC(=O)N2Cc3ccccc3CC2C1=O. The summed E-state index contributed by atoms with van der Waals surface area (Å²) in [5, 5.41) is 0. The van der Waals surface area contributed by atoms with E-state index < -0.39 is 6.04 Å². The molecule has 5 heteroatoms. The van der Waals surface area contributed by atoms with Crippen molar-refractivity contribution >= 4 is 11.8 Å². The van der Waals surface area contributed by atoms with E-state index in [4.69, 9.17) is 4.74 Å². The highest BCUT2D eigenvalue weighted by molar-refractivity contribution is 5.95. The van der Waals surface area contributed by atoms with E-state index >= 15 is 0 Å². The lowest BCUT2D eigenvalue weighted by Gasteiger charge is -2.43. The van der Waals surface area contributed by atoms with Crippen molar-refractivity contribution < 1.29 is 14.3 Å². The first kappa shape index (κ1) is 15.7. The fraction of sp³-hybridized carbons (Fsp3) is 0.300.